The second kappa shape index (κ2) is 10.5. The van der Waals surface area contributed by atoms with E-state index in [9.17, 15) is 14.4 Å². The molecule has 2 aliphatic rings. The Hall–Kier alpha value is -3.69. The number of aryl methyl sites for hydroxylation is 1. The van der Waals surface area contributed by atoms with Gasteiger partial charge in [0.25, 0.3) is 5.91 Å². The molecule has 5 rings (SSSR count). The monoisotopic (exact) mass is 505 g/mol. The highest BCUT2D eigenvalue weighted by molar-refractivity contribution is 7.12. The third-order valence-corrected chi connectivity index (χ3v) is 7.22. The van der Waals surface area contributed by atoms with Crippen molar-refractivity contribution in [3.8, 4) is 0 Å². The van der Waals surface area contributed by atoms with E-state index in [0.717, 1.165) is 11.1 Å². The summed E-state index contributed by atoms with van der Waals surface area (Å²) in [5.41, 5.74) is 3.24. The van der Waals surface area contributed by atoms with Crippen molar-refractivity contribution in [2.24, 2.45) is 0 Å². The third-order valence-electron chi connectivity index (χ3n) is 6.35. The number of morpholine rings is 1. The molecule has 2 aromatic carbocycles. The molecule has 0 saturated carbocycles. The van der Waals surface area contributed by atoms with Crippen molar-refractivity contribution < 1.29 is 23.9 Å². The predicted molar refractivity (Wildman–Crippen MR) is 136 cm³/mol. The summed E-state index contributed by atoms with van der Waals surface area (Å²) >= 11 is 1.35. The summed E-state index contributed by atoms with van der Waals surface area (Å²) in [5, 5.41) is 4.73. The van der Waals surface area contributed by atoms with Crippen molar-refractivity contribution in [3.63, 3.8) is 0 Å². The molecule has 0 radical (unpaired) electrons. The van der Waals surface area contributed by atoms with E-state index >= 15 is 0 Å². The maximum Gasteiger partial charge on any atom is 0.411 e. The van der Waals surface area contributed by atoms with Gasteiger partial charge in [-0.25, -0.2) is 4.79 Å². The van der Waals surface area contributed by atoms with Crippen molar-refractivity contribution >= 4 is 34.9 Å². The highest BCUT2D eigenvalue weighted by atomic mass is 32.1. The summed E-state index contributed by atoms with van der Waals surface area (Å²) < 4.78 is 11.2. The molecule has 0 bridgehead atoms. The van der Waals surface area contributed by atoms with Gasteiger partial charge in [0.05, 0.1) is 24.6 Å². The van der Waals surface area contributed by atoms with Gasteiger partial charge in [-0.05, 0) is 41.6 Å². The number of thiophene rings is 1. The minimum Gasteiger partial charge on any atom is -0.438 e. The van der Waals surface area contributed by atoms with Crippen molar-refractivity contribution in [3.05, 3.63) is 87.6 Å². The zero-order valence-electron chi connectivity index (χ0n) is 19.9. The number of carbonyl (C=O) groups excluding carboxylic acids is 3. The van der Waals surface area contributed by atoms with Crippen LogP contribution in [0.2, 0.25) is 0 Å². The fraction of sp³-hybridized carbons (Fsp3) is 0.296. The van der Waals surface area contributed by atoms with Crippen molar-refractivity contribution in [1.82, 2.24) is 9.80 Å². The first-order chi connectivity index (χ1) is 17.5. The predicted octanol–water partition coefficient (Wildman–Crippen LogP) is 4.23. The lowest BCUT2D eigenvalue weighted by Crippen LogP contribution is -2.51. The van der Waals surface area contributed by atoms with Gasteiger partial charge in [-0.3, -0.25) is 14.5 Å². The normalized spacial score (nSPS) is 19.8. The number of carbonyl (C=O) groups is 3. The Balaban J connectivity index is 1.43. The number of cyclic esters (lactones) is 1. The van der Waals surface area contributed by atoms with Gasteiger partial charge < -0.3 is 19.7 Å². The van der Waals surface area contributed by atoms with E-state index in [1.807, 2.05) is 48.7 Å². The van der Waals surface area contributed by atoms with Crippen molar-refractivity contribution in [1.29, 1.82) is 0 Å². The van der Waals surface area contributed by atoms with Gasteiger partial charge in [-0.15, -0.1) is 11.3 Å². The largest absolute Gasteiger partial charge is 0.438 e. The van der Waals surface area contributed by atoms with Crippen molar-refractivity contribution in [2.75, 3.05) is 31.6 Å². The number of nitrogens with zero attached hydrogens (tertiary/aromatic N) is 2. The first kappa shape index (κ1) is 24.0. The molecule has 8 nitrogen and oxygen atoms in total. The molecule has 2 saturated heterocycles. The fourth-order valence-corrected chi connectivity index (χ4v) is 5.07. The highest BCUT2D eigenvalue weighted by Gasteiger charge is 2.48. The number of anilines is 1. The van der Waals surface area contributed by atoms with E-state index in [2.05, 4.69) is 5.32 Å². The van der Waals surface area contributed by atoms with Gasteiger partial charge in [0.1, 0.15) is 0 Å². The molecule has 2 fully saturated rings. The molecule has 2 aliphatic heterocycles. The molecule has 0 unspecified atom stereocenters. The molecule has 3 aromatic rings. The molecule has 3 amide bonds. The van der Waals surface area contributed by atoms with Crippen LogP contribution >= 0.6 is 11.3 Å². The maximum atomic E-state index is 13.7. The number of nitrogens with one attached hydrogen (secondary N) is 1. The molecule has 3 heterocycles. The second-order valence-electron chi connectivity index (χ2n) is 8.86. The third kappa shape index (κ3) is 5.12. The summed E-state index contributed by atoms with van der Waals surface area (Å²) in [5.74, 6) is -0.387. The van der Waals surface area contributed by atoms with E-state index in [1.54, 1.807) is 29.2 Å². The van der Waals surface area contributed by atoms with Gasteiger partial charge in [0, 0.05) is 18.8 Å². The number of benzene rings is 2. The van der Waals surface area contributed by atoms with Crippen LogP contribution in [0.1, 0.15) is 32.5 Å². The van der Waals surface area contributed by atoms with Crippen LogP contribution in [0, 0.1) is 6.92 Å². The standard InChI is InChI=1S/C27H27N3O5S/c1-18-7-9-19(10-8-18)17-30-23(26(32)29-11-13-34-14-12-29)24(35-27(30)33)20-4-2-5-21(16-20)28-25(31)22-6-3-15-36-22/h2-10,15-16,23-24H,11-14,17H2,1H3,(H,28,31)/t23-,24-/m0/s1. The van der Waals surface area contributed by atoms with E-state index in [0.29, 0.717) is 42.4 Å². The first-order valence-electron chi connectivity index (χ1n) is 11.8. The minimum absolute atomic E-state index is 0.172. The summed E-state index contributed by atoms with van der Waals surface area (Å²) in [4.78, 5) is 43.2. The second-order valence-corrected chi connectivity index (χ2v) is 9.80. The molecule has 1 N–H and O–H groups in total. The number of hydrogen-bond donors (Lipinski definition) is 1. The van der Waals surface area contributed by atoms with E-state index in [1.165, 1.54) is 16.2 Å². The van der Waals surface area contributed by atoms with E-state index < -0.39 is 18.2 Å². The Morgan fingerprint density at radius 3 is 2.56 bits per heavy atom. The highest BCUT2D eigenvalue weighted by Crippen LogP contribution is 2.36. The average molecular weight is 506 g/mol. The van der Waals surface area contributed by atoms with Crippen molar-refractivity contribution in [2.45, 2.75) is 25.6 Å². The Bertz CT molecular complexity index is 1240. The Labute approximate surface area is 213 Å². The quantitative estimate of drug-likeness (QED) is 0.542. The molecular formula is C27H27N3O5S. The van der Waals surface area contributed by atoms with Crippen LogP contribution in [-0.2, 0) is 20.8 Å². The summed E-state index contributed by atoms with van der Waals surface area (Å²) in [7, 11) is 0. The summed E-state index contributed by atoms with van der Waals surface area (Å²) in [6.45, 7) is 4.10. The van der Waals surface area contributed by atoms with E-state index in [-0.39, 0.29) is 18.4 Å². The summed E-state index contributed by atoms with van der Waals surface area (Å²) in [6, 6.07) is 17.7. The lowest BCUT2D eigenvalue weighted by molar-refractivity contribution is -0.141. The SMILES string of the molecule is Cc1ccc(CN2C(=O)O[C@@H](c3cccc(NC(=O)c4cccs4)c3)[C@H]2C(=O)N2CCOCC2)cc1. The number of hydrogen-bond acceptors (Lipinski definition) is 6. The Morgan fingerprint density at radius 1 is 1.06 bits per heavy atom. The van der Waals surface area contributed by atoms with Crippen LogP contribution in [0.25, 0.3) is 0 Å². The first-order valence-corrected chi connectivity index (χ1v) is 12.7. The Kier molecular flexibility index (Phi) is 7.02. The molecule has 0 aliphatic carbocycles. The van der Waals surface area contributed by atoms with Crippen LogP contribution in [-0.4, -0.2) is 60.1 Å². The van der Waals surface area contributed by atoms with Gasteiger partial charge in [-0.1, -0.05) is 48.0 Å². The fourth-order valence-electron chi connectivity index (χ4n) is 4.45. The molecule has 36 heavy (non-hydrogen) atoms. The molecule has 9 heteroatoms. The van der Waals surface area contributed by atoms with Crippen LogP contribution in [0.15, 0.2) is 66.0 Å². The topological polar surface area (TPSA) is 88.2 Å². The zero-order valence-corrected chi connectivity index (χ0v) is 20.7. The average Bonchev–Trinajstić information content (AvgIpc) is 3.55. The van der Waals surface area contributed by atoms with Crippen LogP contribution in [0.4, 0.5) is 10.5 Å². The number of rotatable bonds is 6. The lowest BCUT2D eigenvalue weighted by Gasteiger charge is -2.33. The minimum atomic E-state index is -0.833. The van der Waals surface area contributed by atoms with Gasteiger partial charge in [0.2, 0.25) is 5.91 Å². The van der Waals surface area contributed by atoms with Crippen LogP contribution in [0.5, 0.6) is 0 Å². The molecular weight excluding hydrogens is 478 g/mol. The zero-order chi connectivity index (χ0) is 25.1. The Morgan fingerprint density at radius 2 is 1.83 bits per heavy atom. The number of ether oxygens (including phenoxy) is 2. The van der Waals surface area contributed by atoms with Gasteiger partial charge >= 0.3 is 6.09 Å². The number of amides is 3. The smallest absolute Gasteiger partial charge is 0.411 e. The summed E-state index contributed by atoms with van der Waals surface area (Å²) in [6.07, 6.45) is -1.35. The van der Waals surface area contributed by atoms with Gasteiger partial charge in [-0.2, -0.15) is 0 Å². The molecule has 0 spiro atoms. The van der Waals surface area contributed by atoms with Crippen LogP contribution in [0.3, 0.4) is 0 Å². The molecule has 1 aromatic heterocycles. The lowest BCUT2D eigenvalue weighted by atomic mass is 9.99. The van der Waals surface area contributed by atoms with Crippen LogP contribution < -0.4 is 5.32 Å². The van der Waals surface area contributed by atoms with Gasteiger partial charge in [0.15, 0.2) is 12.1 Å². The van der Waals surface area contributed by atoms with E-state index in [4.69, 9.17) is 9.47 Å². The molecule has 186 valence electrons. The molecule has 2 atom stereocenters. The maximum absolute atomic E-state index is 13.7.